The van der Waals surface area contributed by atoms with E-state index in [0.29, 0.717) is 4.90 Å². The second-order valence-electron chi connectivity index (χ2n) is 4.29. The van der Waals surface area contributed by atoms with E-state index in [9.17, 15) is 8.76 Å². The Morgan fingerprint density at radius 2 is 1.45 bits per heavy atom. The van der Waals surface area contributed by atoms with Crippen LogP contribution in [0.5, 0.6) is 0 Å². The van der Waals surface area contributed by atoms with Crippen LogP contribution < -0.4 is 29.6 Å². The monoisotopic (exact) mass is 290 g/mol. The Morgan fingerprint density at radius 3 is 2.20 bits per heavy atom. The molecule has 3 aromatic rings. The molecule has 3 rings (SSSR count). The summed E-state index contributed by atoms with van der Waals surface area (Å²) >= 11 is -2.22. The fourth-order valence-electron chi connectivity index (χ4n) is 2.21. The number of rotatable bonds is 2. The molecule has 0 saturated heterocycles. The zero-order valence-electron chi connectivity index (χ0n) is 11.1. The second kappa shape index (κ2) is 6.66. The van der Waals surface area contributed by atoms with E-state index in [1.54, 1.807) is 12.1 Å². The van der Waals surface area contributed by atoms with Crippen LogP contribution in [-0.2, 0) is 11.1 Å². The zero-order valence-corrected chi connectivity index (χ0v) is 13.9. The Kier molecular flexibility index (Phi) is 5.13. The Hall–Kier alpha value is -0.970. The van der Waals surface area contributed by atoms with E-state index in [1.807, 2.05) is 54.6 Å². The van der Waals surface area contributed by atoms with E-state index >= 15 is 0 Å². The summed E-state index contributed by atoms with van der Waals surface area (Å²) in [6, 6.07) is 21.0. The summed E-state index contributed by atoms with van der Waals surface area (Å²) in [5.41, 5.74) is 1.65. The molecule has 94 valence electrons. The van der Waals surface area contributed by atoms with Crippen LogP contribution in [0, 0.1) is 0 Å². The third-order valence-corrected chi connectivity index (χ3v) is 3.84. The van der Waals surface area contributed by atoms with Crippen LogP contribution in [0.2, 0.25) is 0 Å². The van der Waals surface area contributed by atoms with Gasteiger partial charge in [-0.3, -0.25) is 4.21 Å². The quantitative estimate of drug-likeness (QED) is 0.516. The predicted octanol–water partition coefficient (Wildman–Crippen LogP) is 0.749. The molecule has 0 radical (unpaired) electrons. The molecule has 1 atom stereocenters. The summed E-state index contributed by atoms with van der Waals surface area (Å²) in [5, 5.41) is 2.25. The van der Waals surface area contributed by atoms with Crippen LogP contribution in [0.1, 0.15) is 0 Å². The SMILES string of the molecule is O=S([O-])c1ccccc1-c1ccc2ccccc2c1.[Na+]. The molecule has 0 aliphatic rings. The number of hydrogen-bond acceptors (Lipinski definition) is 2. The third kappa shape index (κ3) is 3.03. The summed E-state index contributed by atoms with van der Waals surface area (Å²) in [6.45, 7) is 0. The van der Waals surface area contributed by atoms with Crippen molar-refractivity contribution >= 4 is 21.9 Å². The van der Waals surface area contributed by atoms with E-state index < -0.39 is 11.1 Å². The smallest absolute Gasteiger partial charge is 0.768 e. The van der Waals surface area contributed by atoms with Gasteiger partial charge < -0.3 is 4.55 Å². The molecule has 0 heterocycles. The average Bonchev–Trinajstić information content (AvgIpc) is 2.46. The maximum atomic E-state index is 11.3. The van der Waals surface area contributed by atoms with E-state index in [-0.39, 0.29) is 29.6 Å². The van der Waals surface area contributed by atoms with Crippen molar-refractivity contribution in [2.45, 2.75) is 4.90 Å². The average molecular weight is 290 g/mol. The molecule has 0 spiro atoms. The fraction of sp³-hybridized carbons (Fsp3) is 0. The van der Waals surface area contributed by atoms with Gasteiger partial charge in [-0.15, -0.1) is 0 Å². The first-order valence-electron chi connectivity index (χ1n) is 5.93. The van der Waals surface area contributed by atoms with Crippen molar-refractivity contribution in [1.29, 1.82) is 0 Å². The number of hydrogen-bond donors (Lipinski definition) is 0. The van der Waals surface area contributed by atoms with Crippen LogP contribution >= 0.6 is 0 Å². The molecule has 20 heavy (non-hydrogen) atoms. The molecule has 0 aliphatic heterocycles. The standard InChI is InChI=1S/C16H12O2S.Na/c17-19(18)16-8-4-3-7-15(16)14-10-9-12-5-1-2-6-13(12)11-14;/h1-11H,(H,17,18);/q;+1/p-1. The van der Waals surface area contributed by atoms with Gasteiger partial charge in [0.2, 0.25) is 0 Å². The van der Waals surface area contributed by atoms with E-state index in [0.717, 1.165) is 21.9 Å². The van der Waals surface area contributed by atoms with Gasteiger partial charge in [0.1, 0.15) is 0 Å². The van der Waals surface area contributed by atoms with Crippen molar-refractivity contribution in [3.63, 3.8) is 0 Å². The molecule has 0 N–H and O–H groups in total. The molecular weight excluding hydrogens is 279 g/mol. The molecule has 0 amide bonds. The zero-order chi connectivity index (χ0) is 13.2. The molecule has 2 nitrogen and oxygen atoms in total. The first-order chi connectivity index (χ1) is 9.25. The molecule has 0 bridgehead atoms. The van der Waals surface area contributed by atoms with Gasteiger partial charge >= 0.3 is 29.6 Å². The van der Waals surface area contributed by atoms with E-state index in [4.69, 9.17) is 0 Å². The minimum Gasteiger partial charge on any atom is -0.768 e. The molecular formula is C16H11NaO2S. The van der Waals surface area contributed by atoms with Crippen LogP contribution in [0.15, 0.2) is 71.6 Å². The summed E-state index contributed by atoms with van der Waals surface area (Å²) in [4.78, 5) is 0.331. The first-order valence-corrected chi connectivity index (χ1v) is 7.01. The maximum Gasteiger partial charge on any atom is 1.00 e. The van der Waals surface area contributed by atoms with Crippen LogP contribution in [0.25, 0.3) is 21.9 Å². The summed E-state index contributed by atoms with van der Waals surface area (Å²) in [6.07, 6.45) is 0. The predicted molar refractivity (Wildman–Crippen MR) is 76.6 cm³/mol. The molecule has 0 fully saturated rings. The largest absolute Gasteiger partial charge is 1.00 e. The van der Waals surface area contributed by atoms with Gasteiger partial charge in [0.25, 0.3) is 0 Å². The molecule has 0 aromatic heterocycles. The minimum absolute atomic E-state index is 0. The molecule has 0 aliphatic carbocycles. The fourth-order valence-corrected chi connectivity index (χ4v) is 2.76. The Morgan fingerprint density at radius 1 is 0.800 bits per heavy atom. The van der Waals surface area contributed by atoms with Gasteiger partial charge in [0.15, 0.2) is 0 Å². The summed E-state index contributed by atoms with van der Waals surface area (Å²) < 4.78 is 22.5. The van der Waals surface area contributed by atoms with Crippen molar-refractivity contribution < 1.29 is 38.3 Å². The van der Waals surface area contributed by atoms with Gasteiger partial charge in [-0.1, -0.05) is 54.6 Å². The molecule has 4 heteroatoms. The van der Waals surface area contributed by atoms with Gasteiger partial charge in [-0.05, 0) is 45.1 Å². The van der Waals surface area contributed by atoms with Crippen LogP contribution in [0.4, 0.5) is 0 Å². The first kappa shape index (κ1) is 15.4. The summed E-state index contributed by atoms with van der Waals surface area (Å²) in [7, 11) is 0. The molecule has 3 aromatic carbocycles. The third-order valence-electron chi connectivity index (χ3n) is 3.13. The van der Waals surface area contributed by atoms with Crippen molar-refractivity contribution in [2.75, 3.05) is 0 Å². The summed E-state index contributed by atoms with van der Waals surface area (Å²) in [5.74, 6) is 0. The van der Waals surface area contributed by atoms with Crippen LogP contribution in [-0.4, -0.2) is 8.76 Å². The Bertz CT molecular complexity index is 771. The normalized spacial score (nSPS) is 11.8. The number of benzene rings is 3. The molecule has 0 saturated carbocycles. The van der Waals surface area contributed by atoms with Gasteiger partial charge in [-0.2, -0.15) is 0 Å². The minimum atomic E-state index is -2.22. The maximum absolute atomic E-state index is 11.3. The second-order valence-corrected chi connectivity index (χ2v) is 5.20. The van der Waals surface area contributed by atoms with Crippen LogP contribution in [0.3, 0.4) is 0 Å². The Labute approximate surface area is 142 Å². The van der Waals surface area contributed by atoms with Gasteiger partial charge in [0, 0.05) is 4.90 Å². The topological polar surface area (TPSA) is 40.1 Å². The van der Waals surface area contributed by atoms with Gasteiger partial charge in [0.05, 0.1) is 0 Å². The van der Waals surface area contributed by atoms with Crippen molar-refractivity contribution in [3.05, 3.63) is 66.7 Å². The molecule has 1 unspecified atom stereocenters. The number of fused-ring (bicyclic) bond motifs is 1. The van der Waals surface area contributed by atoms with E-state index in [1.165, 1.54) is 0 Å². The van der Waals surface area contributed by atoms with E-state index in [2.05, 4.69) is 0 Å². The Balaban J connectivity index is 0.00000147. The van der Waals surface area contributed by atoms with Crippen molar-refractivity contribution in [2.24, 2.45) is 0 Å². The van der Waals surface area contributed by atoms with Crippen molar-refractivity contribution in [1.82, 2.24) is 0 Å². The van der Waals surface area contributed by atoms with Gasteiger partial charge in [-0.25, -0.2) is 0 Å². The van der Waals surface area contributed by atoms with Crippen molar-refractivity contribution in [3.8, 4) is 11.1 Å².